The summed E-state index contributed by atoms with van der Waals surface area (Å²) in [5, 5.41) is 8.24. The van der Waals surface area contributed by atoms with Gasteiger partial charge in [0.05, 0.1) is 12.1 Å². The molecule has 3 nitrogen and oxygen atoms in total. The lowest BCUT2D eigenvalue weighted by molar-refractivity contribution is 0.781. The highest BCUT2D eigenvalue weighted by Crippen LogP contribution is 2.23. The van der Waals surface area contributed by atoms with Gasteiger partial charge in [0.1, 0.15) is 0 Å². The molecule has 0 spiro atoms. The van der Waals surface area contributed by atoms with E-state index in [9.17, 15) is 0 Å². The average molecular weight is 260 g/mol. The van der Waals surface area contributed by atoms with Gasteiger partial charge >= 0.3 is 0 Å². The highest BCUT2D eigenvalue weighted by Gasteiger charge is 2.01. The van der Waals surface area contributed by atoms with Crippen molar-refractivity contribution in [2.24, 2.45) is 0 Å². The first-order chi connectivity index (χ1) is 8.81. The summed E-state index contributed by atoms with van der Waals surface area (Å²) in [6.45, 7) is 2.22. The number of rotatable bonds is 5. The number of hydrogen-bond acceptors (Lipinski definition) is 3. The van der Waals surface area contributed by atoms with Gasteiger partial charge < -0.3 is 10.6 Å². The number of nitrogens with zero attached hydrogens (tertiary/aromatic N) is 1. The van der Waals surface area contributed by atoms with Crippen LogP contribution >= 0.6 is 11.6 Å². The van der Waals surface area contributed by atoms with Crippen molar-refractivity contribution in [2.45, 2.75) is 0 Å². The zero-order valence-electron chi connectivity index (χ0n) is 9.91. The zero-order valence-corrected chi connectivity index (χ0v) is 10.7. The topological polar surface area (TPSA) is 37.0 Å². The monoisotopic (exact) mass is 259 g/mol. The average Bonchev–Trinajstić information content (AvgIpc) is 2.38. The standard InChI is InChI=1S/C14H14ClN3/c1-2-6-16-8-9-18-13-5-7-17-14-10-11(15)3-4-12(13)14/h1,3-5,7,10,16H,6,8-9H2,(H,17,18). The van der Waals surface area contributed by atoms with E-state index in [2.05, 4.69) is 21.5 Å². The van der Waals surface area contributed by atoms with Crippen molar-refractivity contribution >= 4 is 28.2 Å². The minimum absolute atomic E-state index is 0.592. The highest BCUT2D eigenvalue weighted by molar-refractivity contribution is 6.31. The van der Waals surface area contributed by atoms with E-state index in [0.29, 0.717) is 11.6 Å². The number of nitrogens with one attached hydrogen (secondary N) is 2. The van der Waals surface area contributed by atoms with E-state index in [0.717, 1.165) is 29.7 Å². The van der Waals surface area contributed by atoms with Gasteiger partial charge in [0.15, 0.2) is 0 Å². The summed E-state index contributed by atoms with van der Waals surface area (Å²) in [5.41, 5.74) is 1.95. The van der Waals surface area contributed by atoms with Crippen LogP contribution in [0.5, 0.6) is 0 Å². The van der Waals surface area contributed by atoms with Crippen molar-refractivity contribution in [1.29, 1.82) is 0 Å². The number of hydrogen-bond donors (Lipinski definition) is 2. The summed E-state index contributed by atoms with van der Waals surface area (Å²) >= 11 is 5.94. The van der Waals surface area contributed by atoms with Crippen LogP contribution < -0.4 is 10.6 Å². The van der Waals surface area contributed by atoms with Crippen LogP contribution in [0.15, 0.2) is 30.5 Å². The molecule has 0 radical (unpaired) electrons. The van der Waals surface area contributed by atoms with Gasteiger partial charge in [-0.05, 0) is 24.3 Å². The van der Waals surface area contributed by atoms with Crippen LogP contribution in [0.3, 0.4) is 0 Å². The maximum absolute atomic E-state index is 5.94. The Bertz CT molecular complexity index is 575. The SMILES string of the molecule is C#CCNCCNc1ccnc2cc(Cl)ccc12. The third-order valence-corrected chi connectivity index (χ3v) is 2.78. The number of terminal acetylenes is 1. The number of anilines is 1. The molecule has 2 aromatic rings. The maximum Gasteiger partial charge on any atom is 0.0737 e. The molecule has 0 fully saturated rings. The molecular weight excluding hydrogens is 246 g/mol. The minimum atomic E-state index is 0.592. The van der Waals surface area contributed by atoms with E-state index in [1.165, 1.54) is 0 Å². The van der Waals surface area contributed by atoms with E-state index in [1.807, 2.05) is 24.3 Å². The van der Waals surface area contributed by atoms with Gasteiger partial charge in [-0.3, -0.25) is 4.98 Å². The molecule has 0 aliphatic heterocycles. The Morgan fingerprint density at radius 1 is 1.28 bits per heavy atom. The van der Waals surface area contributed by atoms with Crippen LogP contribution in [-0.2, 0) is 0 Å². The lowest BCUT2D eigenvalue weighted by Gasteiger charge is -2.09. The number of halogens is 1. The molecule has 1 aromatic carbocycles. The van der Waals surface area contributed by atoms with Gasteiger partial charge in [0, 0.05) is 35.4 Å². The van der Waals surface area contributed by atoms with Crippen LogP contribution in [0.1, 0.15) is 0 Å². The molecule has 0 saturated heterocycles. The van der Waals surface area contributed by atoms with Gasteiger partial charge in [-0.1, -0.05) is 17.5 Å². The van der Waals surface area contributed by atoms with Gasteiger partial charge in [0.25, 0.3) is 0 Å². The highest BCUT2D eigenvalue weighted by atomic mass is 35.5. The molecule has 92 valence electrons. The first-order valence-corrected chi connectivity index (χ1v) is 6.11. The predicted molar refractivity (Wildman–Crippen MR) is 76.9 cm³/mol. The van der Waals surface area contributed by atoms with Gasteiger partial charge in [0.2, 0.25) is 0 Å². The van der Waals surface area contributed by atoms with Gasteiger partial charge in [-0.25, -0.2) is 0 Å². The second-order valence-corrected chi connectivity index (χ2v) is 4.26. The summed E-state index contributed by atoms with van der Waals surface area (Å²) in [6, 6.07) is 7.66. The Kier molecular flexibility index (Phi) is 4.40. The minimum Gasteiger partial charge on any atom is -0.383 e. The second-order valence-electron chi connectivity index (χ2n) is 3.83. The summed E-state index contributed by atoms with van der Waals surface area (Å²) < 4.78 is 0. The van der Waals surface area contributed by atoms with Crippen LogP contribution in [-0.4, -0.2) is 24.6 Å². The Balaban J connectivity index is 2.07. The molecule has 0 bridgehead atoms. The Morgan fingerprint density at radius 3 is 3.00 bits per heavy atom. The molecule has 4 heteroatoms. The fourth-order valence-electron chi connectivity index (χ4n) is 1.72. The number of aromatic nitrogens is 1. The smallest absolute Gasteiger partial charge is 0.0737 e. The number of benzene rings is 1. The van der Waals surface area contributed by atoms with Crippen molar-refractivity contribution in [3.8, 4) is 12.3 Å². The first kappa shape index (κ1) is 12.7. The fourth-order valence-corrected chi connectivity index (χ4v) is 1.89. The molecule has 2 N–H and O–H groups in total. The third kappa shape index (κ3) is 3.13. The molecule has 1 heterocycles. The van der Waals surface area contributed by atoms with E-state index < -0.39 is 0 Å². The van der Waals surface area contributed by atoms with E-state index in [4.69, 9.17) is 18.0 Å². The molecule has 2 rings (SSSR count). The van der Waals surface area contributed by atoms with Crippen LogP contribution in [0.4, 0.5) is 5.69 Å². The molecule has 1 aromatic heterocycles. The quantitative estimate of drug-likeness (QED) is 0.640. The Morgan fingerprint density at radius 2 is 2.17 bits per heavy atom. The largest absolute Gasteiger partial charge is 0.383 e. The van der Waals surface area contributed by atoms with Crippen LogP contribution in [0.2, 0.25) is 5.02 Å². The predicted octanol–water partition coefficient (Wildman–Crippen LogP) is 2.52. The van der Waals surface area contributed by atoms with Crippen molar-refractivity contribution in [1.82, 2.24) is 10.3 Å². The molecule has 0 aliphatic carbocycles. The molecule has 0 unspecified atom stereocenters. The van der Waals surface area contributed by atoms with Gasteiger partial charge in [-0.15, -0.1) is 6.42 Å². The van der Waals surface area contributed by atoms with E-state index in [-0.39, 0.29) is 0 Å². The molecule has 0 amide bonds. The Hall–Kier alpha value is -1.76. The van der Waals surface area contributed by atoms with Crippen LogP contribution in [0, 0.1) is 12.3 Å². The number of fused-ring (bicyclic) bond motifs is 1. The lowest BCUT2D eigenvalue weighted by atomic mass is 10.2. The molecule has 0 atom stereocenters. The number of pyridine rings is 1. The third-order valence-electron chi connectivity index (χ3n) is 2.55. The molecule has 0 saturated carbocycles. The Labute approximate surface area is 112 Å². The summed E-state index contributed by atoms with van der Waals surface area (Å²) in [7, 11) is 0. The molecule has 18 heavy (non-hydrogen) atoms. The fraction of sp³-hybridized carbons (Fsp3) is 0.214. The van der Waals surface area contributed by atoms with Crippen molar-refractivity contribution in [2.75, 3.05) is 25.0 Å². The first-order valence-electron chi connectivity index (χ1n) is 5.73. The van der Waals surface area contributed by atoms with Crippen molar-refractivity contribution in [3.05, 3.63) is 35.5 Å². The lowest BCUT2D eigenvalue weighted by Crippen LogP contribution is -2.22. The zero-order chi connectivity index (χ0) is 12.8. The van der Waals surface area contributed by atoms with E-state index in [1.54, 1.807) is 6.20 Å². The summed E-state index contributed by atoms with van der Waals surface area (Å²) in [5.74, 6) is 2.54. The summed E-state index contributed by atoms with van der Waals surface area (Å²) in [4.78, 5) is 4.29. The van der Waals surface area contributed by atoms with Crippen LogP contribution in [0.25, 0.3) is 10.9 Å². The molecule has 0 aliphatic rings. The normalized spacial score (nSPS) is 10.2. The van der Waals surface area contributed by atoms with Crippen molar-refractivity contribution < 1.29 is 0 Å². The second kappa shape index (κ2) is 6.25. The maximum atomic E-state index is 5.94. The summed E-state index contributed by atoms with van der Waals surface area (Å²) in [6.07, 6.45) is 6.93. The van der Waals surface area contributed by atoms with Crippen molar-refractivity contribution in [3.63, 3.8) is 0 Å². The molecular formula is C14H14ClN3. The van der Waals surface area contributed by atoms with Gasteiger partial charge in [-0.2, -0.15) is 0 Å². The van der Waals surface area contributed by atoms with E-state index >= 15 is 0 Å².